The third kappa shape index (κ3) is 6.50. The number of piperazine rings is 1. The van der Waals surface area contributed by atoms with Crippen molar-refractivity contribution >= 4 is 23.6 Å². The molecule has 0 radical (unpaired) electrons. The number of amides is 2. The summed E-state index contributed by atoms with van der Waals surface area (Å²) in [7, 11) is 1.54. The smallest absolute Gasteiger partial charge is 0.255 e. The largest absolute Gasteiger partial charge is 0.496 e. The summed E-state index contributed by atoms with van der Waals surface area (Å²) in [6, 6.07) is 15.1. The number of rotatable bonds is 9. The van der Waals surface area contributed by atoms with Crippen LogP contribution < -0.4 is 10.1 Å². The van der Waals surface area contributed by atoms with Crippen LogP contribution in [0.1, 0.15) is 27.9 Å². The molecule has 1 heterocycles. The summed E-state index contributed by atoms with van der Waals surface area (Å²) < 4.78 is 5.31. The molecule has 1 atom stereocenters. The van der Waals surface area contributed by atoms with Crippen molar-refractivity contribution in [2.45, 2.75) is 25.9 Å². The summed E-state index contributed by atoms with van der Waals surface area (Å²) >= 11 is 1.67. The minimum Gasteiger partial charge on any atom is -0.496 e. The van der Waals surface area contributed by atoms with Gasteiger partial charge in [-0.25, -0.2) is 0 Å². The van der Waals surface area contributed by atoms with E-state index < -0.39 is 6.04 Å². The fourth-order valence-electron chi connectivity index (χ4n) is 3.98. The van der Waals surface area contributed by atoms with Crippen molar-refractivity contribution in [3.63, 3.8) is 0 Å². The highest BCUT2D eigenvalue weighted by molar-refractivity contribution is 7.98. The molecule has 1 aliphatic heterocycles. The van der Waals surface area contributed by atoms with Gasteiger partial charge in [0.25, 0.3) is 5.91 Å². The Balaban J connectivity index is 1.60. The topological polar surface area (TPSA) is 61.9 Å². The van der Waals surface area contributed by atoms with Gasteiger partial charge in [0.15, 0.2) is 0 Å². The van der Waals surface area contributed by atoms with E-state index in [-0.39, 0.29) is 11.8 Å². The van der Waals surface area contributed by atoms with Crippen LogP contribution in [0.3, 0.4) is 0 Å². The number of nitrogens with one attached hydrogen (secondary N) is 1. The number of carbonyl (C=O) groups is 2. The Morgan fingerprint density at radius 3 is 2.53 bits per heavy atom. The maximum Gasteiger partial charge on any atom is 0.255 e. The first-order valence-corrected chi connectivity index (χ1v) is 12.4. The Kier molecular flexibility index (Phi) is 9.00. The normalized spacial score (nSPS) is 15.3. The molecule has 2 aromatic rings. The maximum absolute atomic E-state index is 13.3. The molecular formula is C25H33N3O3S. The summed E-state index contributed by atoms with van der Waals surface area (Å²) in [5.74, 6) is 1.03. The van der Waals surface area contributed by atoms with Gasteiger partial charge in [-0.1, -0.05) is 42.0 Å². The highest BCUT2D eigenvalue weighted by Crippen LogP contribution is 2.18. The van der Waals surface area contributed by atoms with E-state index >= 15 is 0 Å². The van der Waals surface area contributed by atoms with Gasteiger partial charge in [0, 0.05) is 32.7 Å². The van der Waals surface area contributed by atoms with E-state index in [0.29, 0.717) is 30.8 Å². The second kappa shape index (κ2) is 11.9. The number of hydrogen-bond acceptors (Lipinski definition) is 5. The second-order valence-corrected chi connectivity index (χ2v) is 9.08. The van der Waals surface area contributed by atoms with Gasteiger partial charge < -0.3 is 15.0 Å². The van der Waals surface area contributed by atoms with Crippen molar-refractivity contribution in [2.75, 3.05) is 45.3 Å². The average Bonchev–Trinajstić information content (AvgIpc) is 2.81. The Morgan fingerprint density at radius 2 is 1.84 bits per heavy atom. The van der Waals surface area contributed by atoms with Crippen LogP contribution in [0, 0.1) is 6.92 Å². The van der Waals surface area contributed by atoms with Crippen LogP contribution in [0.5, 0.6) is 5.75 Å². The molecular weight excluding hydrogens is 422 g/mol. The highest BCUT2D eigenvalue weighted by atomic mass is 32.2. The third-order valence-corrected chi connectivity index (χ3v) is 6.38. The van der Waals surface area contributed by atoms with Gasteiger partial charge in [0.1, 0.15) is 11.8 Å². The van der Waals surface area contributed by atoms with Crippen LogP contribution in [-0.2, 0) is 11.3 Å². The molecule has 0 spiro atoms. The van der Waals surface area contributed by atoms with Crippen LogP contribution >= 0.6 is 11.8 Å². The third-order valence-electron chi connectivity index (χ3n) is 5.74. The molecule has 172 valence electrons. The van der Waals surface area contributed by atoms with E-state index in [1.807, 2.05) is 17.2 Å². The van der Waals surface area contributed by atoms with Crippen molar-refractivity contribution < 1.29 is 14.3 Å². The number of benzene rings is 2. The Bertz CT molecular complexity index is 913. The first-order chi connectivity index (χ1) is 15.5. The molecule has 1 aliphatic rings. The molecule has 0 aliphatic carbocycles. The lowest BCUT2D eigenvalue weighted by Gasteiger charge is -2.36. The summed E-state index contributed by atoms with van der Waals surface area (Å²) in [5.41, 5.74) is 3.00. The molecule has 2 aromatic carbocycles. The summed E-state index contributed by atoms with van der Waals surface area (Å²) in [6.07, 6.45) is 2.61. The maximum atomic E-state index is 13.3. The van der Waals surface area contributed by atoms with E-state index in [1.165, 1.54) is 11.1 Å². The predicted molar refractivity (Wildman–Crippen MR) is 130 cm³/mol. The van der Waals surface area contributed by atoms with Crippen LogP contribution in [0.2, 0.25) is 0 Å². The lowest BCUT2D eigenvalue weighted by Crippen LogP contribution is -2.55. The zero-order valence-corrected chi connectivity index (χ0v) is 20.0. The number of ether oxygens (including phenoxy) is 1. The van der Waals surface area contributed by atoms with Gasteiger partial charge in [-0.05, 0) is 43.0 Å². The quantitative estimate of drug-likeness (QED) is 0.629. The zero-order valence-electron chi connectivity index (χ0n) is 19.2. The first-order valence-electron chi connectivity index (χ1n) is 11.0. The number of thioether (sulfide) groups is 1. The molecule has 7 heteroatoms. The zero-order chi connectivity index (χ0) is 22.9. The second-order valence-electron chi connectivity index (χ2n) is 8.10. The van der Waals surface area contributed by atoms with Crippen molar-refractivity contribution in [3.05, 3.63) is 65.2 Å². The molecule has 6 nitrogen and oxygen atoms in total. The van der Waals surface area contributed by atoms with Crippen molar-refractivity contribution in [2.24, 2.45) is 0 Å². The van der Waals surface area contributed by atoms with Gasteiger partial charge in [0.05, 0.1) is 12.7 Å². The molecule has 3 rings (SSSR count). The minimum atomic E-state index is -0.539. The number of methoxy groups -OCH3 is 1. The van der Waals surface area contributed by atoms with Crippen LogP contribution in [0.4, 0.5) is 0 Å². The highest BCUT2D eigenvalue weighted by Gasteiger charge is 2.29. The van der Waals surface area contributed by atoms with E-state index in [1.54, 1.807) is 37.1 Å². The molecule has 32 heavy (non-hydrogen) atoms. The van der Waals surface area contributed by atoms with E-state index in [0.717, 1.165) is 25.4 Å². The van der Waals surface area contributed by atoms with Crippen molar-refractivity contribution in [1.82, 2.24) is 15.1 Å². The molecule has 1 fully saturated rings. The average molecular weight is 456 g/mol. The van der Waals surface area contributed by atoms with E-state index in [4.69, 9.17) is 4.74 Å². The number of hydrogen-bond donors (Lipinski definition) is 1. The molecule has 0 bridgehead atoms. The van der Waals surface area contributed by atoms with Gasteiger partial charge in [-0.3, -0.25) is 14.5 Å². The number of aryl methyl sites for hydroxylation is 1. The Hall–Kier alpha value is -2.51. The van der Waals surface area contributed by atoms with Gasteiger partial charge >= 0.3 is 0 Å². The fourth-order valence-corrected chi connectivity index (χ4v) is 4.45. The van der Waals surface area contributed by atoms with Crippen molar-refractivity contribution in [1.29, 1.82) is 0 Å². The van der Waals surface area contributed by atoms with Gasteiger partial charge in [0.2, 0.25) is 5.91 Å². The SMILES string of the molecule is COc1ccccc1C(=O)NC(CCSC)C(=O)N1CCN(Cc2cccc(C)c2)CC1. The minimum absolute atomic E-state index is 0.00231. The van der Waals surface area contributed by atoms with Crippen LogP contribution in [0.25, 0.3) is 0 Å². The number of nitrogens with zero attached hydrogens (tertiary/aromatic N) is 2. The standard InChI is InChI=1S/C25H33N3O3S/c1-19-7-6-8-20(17-19)18-27-12-14-28(15-13-27)25(30)22(11-16-32-3)26-24(29)21-9-4-5-10-23(21)31-2/h4-10,17,22H,11-16,18H2,1-3H3,(H,26,29). The monoisotopic (exact) mass is 455 g/mol. The molecule has 1 saturated heterocycles. The first kappa shape index (κ1) is 24.1. The van der Waals surface area contributed by atoms with Gasteiger partial charge in [-0.2, -0.15) is 11.8 Å². The van der Waals surface area contributed by atoms with Gasteiger partial charge in [-0.15, -0.1) is 0 Å². The van der Waals surface area contributed by atoms with E-state index in [9.17, 15) is 9.59 Å². The predicted octanol–water partition coefficient (Wildman–Crippen LogP) is 3.20. The molecule has 1 unspecified atom stereocenters. The number of carbonyl (C=O) groups excluding carboxylic acids is 2. The Labute approximate surface area is 195 Å². The lowest BCUT2D eigenvalue weighted by molar-refractivity contribution is -0.135. The summed E-state index contributed by atoms with van der Waals surface area (Å²) in [4.78, 5) is 30.4. The lowest BCUT2D eigenvalue weighted by atomic mass is 10.1. The number of para-hydroxylation sites is 1. The van der Waals surface area contributed by atoms with Crippen LogP contribution in [-0.4, -0.2) is 73.0 Å². The van der Waals surface area contributed by atoms with Crippen molar-refractivity contribution in [3.8, 4) is 5.75 Å². The molecule has 0 aromatic heterocycles. The fraction of sp³-hybridized carbons (Fsp3) is 0.440. The Morgan fingerprint density at radius 1 is 1.09 bits per heavy atom. The summed E-state index contributed by atoms with van der Waals surface area (Å²) in [6.45, 7) is 6.00. The summed E-state index contributed by atoms with van der Waals surface area (Å²) in [5, 5.41) is 2.96. The van der Waals surface area contributed by atoms with Crippen LogP contribution in [0.15, 0.2) is 48.5 Å². The molecule has 1 N–H and O–H groups in total. The molecule has 2 amide bonds. The molecule has 0 saturated carbocycles. The van der Waals surface area contributed by atoms with E-state index in [2.05, 4.69) is 41.4 Å².